The number of rotatable bonds is 1. The van der Waals surface area contributed by atoms with Crippen molar-refractivity contribution in [2.24, 2.45) is 0 Å². The highest BCUT2D eigenvalue weighted by atomic mass is 19.2. The summed E-state index contributed by atoms with van der Waals surface area (Å²) in [6.45, 7) is -0.699. The van der Waals surface area contributed by atoms with Crippen LogP contribution in [0.5, 0.6) is 0 Å². The second-order valence-electron chi connectivity index (χ2n) is 3.26. The minimum atomic E-state index is -1.73. The predicted octanol–water partition coefficient (Wildman–Crippen LogP) is 1.30. The first kappa shape index (κ1) is 11.4. The molecule has 1 aliphatic rings. The van der Waals surface area contributed by atoms with Gasteiger partial charge in [0, 0.05) is 6.07 Å². The van der Waals surface area contributed by atoms with E-state index in [4.69, 9.17) is 0 Å². The van der Waals surface area contributed by atoms with Crippen molar-refractivity contribution in [2.45, 2.75) is 0 Å². The maximum atomic E-state index is 13.3. The lowest BCUT2D eigenvalue weighted by atomic mass is 10.2. The number of nitrogens with one attached hydrogen (secondary N) is 1. The normalized spacial score (nSPS) is 15.4. The number of nitrogens with zero attached hydrogens (tertiary/aromatic N) is 1. The van der Waals surface area contributed by atoms with E-state index in [9.17, 15) is 27.2 Å². The molecule has 0 aliphatic carbocycles. The number of halogens is 4. The van der Waals surface area contributed by atoms with Gasteiger partial charge in [-0.15, -0.1) is 0 Å². The van der Waals surface area contributed by atoms with E-state index in [1.165, 1.54) is 0 Å². The van der Waals surface area contributed by atoms with E-state index in [1.807, 2.05) is 0 Å². The molecule has 1 aromatic carbocycles. The Labute approximate surface area is 91.8 Å². The molecule has 0 aromatic heterocycles. The van der Waals surface area contributed by atoms with E-state index in [1.54, 1.807) is 5.32 Å². The second kappa shape index (κ2) is 3.72. The zero-order valence-corrected chi connectivity index (χ0v) is 8.06. The summed E-state index contributed by atoms with van der Waals surface area (Å²) in [6, 6.07) is -1.12. The SMILES string of the molecule is O=C1CN(c2c(F)c(F)cc(F)c2F)C(=O)N1. The monoisotopic (exact) mass is 248 g/mol. The highest BCUT2D eigenvalue weighted by Gasteiger charge is 2.34. The molecule has 1 saturated heterocycles. The van der Waals surface area contributed by atoms with E-state index in [2.05, 4.69) is 0 Å². The zero-order valence-electron chi connectivity index (χ0n) is 8.06. The fraction of sp³-hybridized carbons (Fsp3) is 0.111. The average Bonchev–Trinajstić information content (AvgIpc) is 2.56. The molecule has 1 aliphatic heterocycles. The zero-order chi connectivity index (χ0) is 12.7. The Morgan fingerprint density at radius 1 is 1.06 bits per heavy atom. The molecule has 0 bridgehead atoms. The van der Waals surface area contributed by atoms with Crippen LogP contribution < -0.4 is 10.2 Å². The van der Waals surface area contributed by atoms with Crippen LogP contribution in [0, 0.1) is 23.3 Å². The van der Waals surface area contributed by atoms with Crippen LogP contribution in [0.25, 0.3) is 0 Å². The molecule has 1 aromatic rings. The number of hydrogen-bond donors (Lipinski definition) is 1. The van der Waals surface area contributed by atoms with Crippen LogP contribution in [0.3, 0.4) is 0 Å². The third-order valence-corrected chi connectivity index (χ3v) is 2.15. The molecule has 8 heteroatoms. The van der Waals surface area contributed by atoms with Gasteiger partial charge in [0.1, 0.15) is 12.2 Å². The van der Waals surface area contributed by atoms with Crippen LogP contribution in [0.2, 0.25) is 0 Å². The summed E-state index contributed by atoms with van der Waals surface area (Å²) in [7, 11) is 0. The summed E-state index contributed by atoms with van der Waals surface area (Å²) in [6.07, 6.45) is 0. The number of imide groups is 1. The van der Waals surface area contributed by atoms with Gasteiger partial charge in [0.15, 0.2) is 23.3 Å². The van der Waals surface area contributed by atoms with Gasteiger partial charge in [0.2, 0.25) is 5.91 Å². The number of urea groups is 1. The minimum Gasteiger partial charge on any atom is -0.279 e. The molecule has 1 N–H and O–H groups in total. The predicted molar refractivity (Wildman–Crippen MR) is 47.2 cm³/mol. The van der Waals surface area contributed by atoms with Gasteiger partial charge in [0.05, 0.1) is 0 Å². The molecular formula is C9H4F4N2O2. The summed E-state index contributed by atoms with van der Waals surface area (Å²) in [5.74, 6) is -7.57. The summed E-state index contributed by atoms with van der Waals surface area (Å²) in [5.41, 5.74) is -1.22. The van der Waals surface area contributed by atoms with Gasteiger partial charge >= 0.3 is 6.03 Å². The van der Waals surface area contributed by atoms with E-state index < -0.39 is 47.4 Å². The van der Waals surface area contributed by atoms with Crippen LogP contribution in [0.15, 0.2) is 6.07 Å². The molecule has 0 radical (unpaired) electrons. The van der Waals surface area contributed by atoms with Crippen LogP contribution in [-0.4, -0.2) is 18.5 Å². The number of hydrogen-bond acceptors (Lipinski definition) is 2. The fourth-order valence-corrected chi connectivity index (χ4v) is 1.42. The molecule has 4 nitrogen and oxygen atoms in total. The lowest BCUT2D eigenvalue weighted by molar-refractivity contribution is -0.117. The Kier molecular flexibility index (Phi) is 2.49. The number of carbonyl (C=O) groups is 2. The van der Waals surface area contributed by atoms with Crippen molar-refractivity contribution in [1.82, 2.24) is 5.32 Å². The molecule has 0 atom stereocenters. The van der Waals surface area contributed by atoms with Gasteiger partial charge in [-0.25, -0.2) is 22.4 Å². The Hall–Kier alpha value is -2.12. The third-order valence-electron chi connectivity index (χ3n) is 2.15. The Morgan fingerprint density at radius 3 is 2.00 bits per heavy atom. The number of benzene rings is 1. The molecule has 2 rings (SSSR count). The maximum Gasteiger partial charge on any atom is 0.329 e. The molecule has 0 unspecified atom stereocenters. The Morgan fingerprint density at radius 2 is 1.59 bits per heavy atom. The van der Waals surface area contributed by atoms with E-state index in [-0.39, 0.29) is 6.07 Å². The van der Waals surface area contributed by atoms with Crippen molar-refractivity contribution in [3.8, 4) is 0 Å². The van der Waals surface area contributed by atoms with Gasteiger partial charge in [-0.05, 0) is 0 Å². The first-order chi connectivity index (χ1) is 7.91. The van der Waals surface area contributed by atoms with Gasteiger partial charge in [-0.2, -0.15) is 0 Å². The highest BCUT2D eigenvalue weighted by Crippen LogP contribution is 2.28. The van der Waals surface area contributed by atoms with Crippen LogP contribution in [-0.2, 0) is 4.79 Å². The van der Waals surface area contributed by atoms with Crippen molar-refractivity contribution in [3.05, 3.63) is 29.3 Å². The molecule has 0 spiro atoms. The van der Waals surface area contributed by atoms with E-state index in [0.29, 0.717) is 4.90 Å². The Balaban J connectivity index is 2.59. The molecule has 3 amide bonds. The maximum absolute atomic E-state index is 13.3. The molecule has 1 fully saturated rings. The third kappa shape index (κ3) is 1.71. The van der Waals surface area contributed by atoms with Crippen LogP contribution in [0.4, 0.5) is 28.0 Å². The standard InChI is InChI=1S/C9H4F4N2O2/c10-3-1-4(11)7(13)8(6(3)12)15-2-5(16)14-9(15)17/h1H,2H2,(H,14,16,17). The van der Waals surface area contributed by atoms with E-state index >= 15 is 0 Å². The minimum absolute atomic E-state index is 0.0178. The van der Waals surface area contributed by atoms with E-state index in [0.717, 1.165) is 0 Å². The average molecular weight is 248 g/mol. The molecule has 17 heavy (non-hydrogen) atoms. The topological polar surface area (TPSA) is 49.4 Å². The van der Waals surface area contributed by atoms with Gasteiger partial charge < -0.3 is 0 Å². The van der Waals surface area contributed by atoms with Gasteiger partial charge in [0.25, 0.3) is 0 Å². The highest BCUT2D eigenvalue weighted by molar-refractivity contribution is 6.12. The molecule has 0 saturated carbocycles. The number of amides is 3. The number of anilines is 1. The lowest BCUT2D eigenvalue weighted by Gasteiger charge is -2.15. The second-order valence-corrected chi connectivity index (χ2v) is 3.26. The van der Waals surface area contributed by atoms with Gasteiger partial charge in [-0.1, -0.05) is 0 Å². The Bertz CT molecular complexity index is 506. The van der Waals surface area contributed by atoms with Crippen LogP contribution in [0.1, 0.15) is 0 Å². The summed E-state index contributed by atoms with van der Waals surface area (Å²) in [4.78, 5) is 22.2. The summed E-state index contributed by atoms with van der Waals surface area (Å²) in [5, 5.41) is 1.73. The van der Waals surface area contributed by atoms with Crippen molar-refractivity contribution in [1.29, 1.82) is 0 Å². The van der Waals surface area contributed by atoms with Crippen molar-refractivity contribution < 1.29 is 27.2 Å². The lowest BCUT2D eigenvalue weighted by Crippen LogP contribution is -2.30. The number of carbonyl (C=O) groups excluding carboxylic acids is 2. The molecular weight excluding hydrogens is 244 g/mol. The quantitative estimate of drug-likeness (QED) is 0.462. The molecule has 90 valence electrons. The van der Waals surface area contributed by atoms with Crippen molar-refractivity contribution >= 4 is 17.6 Å². The first-order valence-corrected chi connectivity index (χ1v) is 4.36. The summed E-state index contributed by atoms with van der Waals surface area (Å²) < 4.78 is 52.3. The summed E-state index contributed by atoms with van der Waals surface area (Å²) >= 11 is 0. The molecule has 1 heterocycles. The van der Waals surface area contributed by atoms with Crippen molar-refractivity contribution in [2.75, 3.05) is 11.4 Å². The smallest absolute Gasteiger partial charge is 0.279 e. The van der Waals surface area contributed by atoms with Crippen molar-refractivity contribution in [3.63, 3.8) is 0 Å². The van der Waals surface area contributed by atoms with Crippen LogP contribution >= 0.6 is 0 Å². The fourth-order valence-electron chi connectivity index (χ4n) is 1.42. The first-order valence-electron chi connectivity index (χ1n) is 4.36. The largest absolute Gasteiger partial charge is 0.329 e. The van der Waals surface area contributed by atoms with Gasteiger partial charge in [-0.3, -0.25) is 15.0 Å².